The van der Waals surface area contributed by atoms with Crippen molar-refractivity contribution in [3.8, 4) is 0 Å². The summed E-state index contributed by atoms with van der Waals surface area (Å²) in [4.78, 5) is 24.9. The lowest BCUT2D eigenvalue weighted by atomic mass is 9.93. The van der Waals surface area contributed by atoms with Crippen LogP contribution in [0.15, 0.2) is 24.3 Å². The normalized spacial score (nSPS) is 19.8. The van der Waals surface area contributed by atoms with Crippen molar-refractivity contribution in [2.75, 3.05) is 13.1 Å². The minimum absolute atomic E-state index is 0.0631. The number of alkyl halides is 3. The summed E-state index contributed by atoms with van der Waals surface area (Å²) < 4.78 is 38.3. The topological polar surface area (TPSA) is 57.6 Å². The summed E-state index contributed by atoms with van der Waals surface area (Å²) in [6.07, 6.45) is -3.18. The zero-order chi connectivity index (χ0) is 17.9. The molecule has 1 N–H and O–H groups in total. The monoisotopic (exact) mass is 343 g/mol. The van der Waals surface area contributed by atoms with Crippen LogP contribution in [-0.4, -0.2) is 35.0 Å². The van der Waals surface area contributed by atoms with Crippen LogP contribution in [0, 0.1) is 5.92 Å². The molecule has 1 aromatic rings. The lowest BCUT2D eigenvalue weighted by Crippen LogP contribution is -2.42. The number of carbonyl (C=O) groups is 2. The maximum Gasteiger partial charge on any atom is 0.416 e. The Morgan fingerprint density at radius 3 is 2.71 bits per heavy atom. The lowest BCUT2D eigenvalue weighted by Gasteiger charge is -2.31. The molecule has 2 atom stereocenters. The average molecular weight is 343 g/mol. The number of benzene rings is 1. The Balaban J connectivity index is 2.02. The summed E-state index contributed by atoms with van der Waals surface area (Å²) in [5.41, 5.74) is -0.284. The van der Waals surface area contributed by atoms with E-state index in [1.54, 1.807) is 13.0 Å². The minimum Gasteiger partial charge on any atom is -0.481 e. The van der Waals surface area contributed by atoms with Gasteiger partial charge in [0.15, 0.2) is 0 Å². The third kappa shape index (κ3) is 4.49. The van der Waals surface area contributed by atoms with Gasteiger partial charge in [0.1, 0.15) is 0 Å². The molecule has 1 heterocycles. The van der Waals surface area contributed by atoms with Crippen molar-refractivity contribution in [2.45, 2.75) is 38.3 Å². The summed E-state index contributed by atoms with van der Waals surface area (Å²) in [5, 5.41) is 9.06. The third-order valence-electron chi connectivity index (χ3n) is 4.39. The number of carbonyl (C=O) groups excluding carboxylic acids is 1. The van der Waals surface area contributed by atoms with Crippen molar-refractivity contribution in [2.24, 2.45) is 5.92 Å². The molecule has 7 heteroatoms. The smallest absolute Gasteiger partial charge is 0.416 e. The van der Waals surface area contributed by atoms with Gasteiger partial charge in [0.25, 0.3) is 0 Å². The van der Waals surface area contributed by atoms with Crippen molar-refractivity contribution in [3.63, 3.8) is 0 Å². The average Bonchev–Trinajstić information content (AvgIpc) is 2.54. The number of hydrogen-bond acceptors (Lipinski definition) is 2. The highest BCUT2D eigenvalue weighted by Gasteiger charge is 2.31. The number of rotatable bonds is 4. The van der Waals surface area contributed by atoms with Gasteiger partial charge in [-0.1, -0.05) is 25.1 Å². The molecule has 0 radical (unpaired) electrons. The summed E-state index contributed by atoms with van der Waals surface area (Å²) in [5.74, 6) is -2.07. The van der Waals surface area contributed by atoms with E-state index in [2.05, 4.69) is 0 Å². The van der Waals surface area contributed by atoms with Crippen molar-refractivity contribution in [1.82, 2.24) is 4.90 Å². The van der Waals surface area contributed by atoms with E-state index in [9.17, 15) is 22.8 Å². The molecule has 0 aromatic heterocycles. The number of aliphatic carboxylic acids is 1. The molecule has 0 bridgehead atoms. The Labute approximate surface area is 138 Å². The Hall–Kier alpha value is -2.05. The van der Waals surface area contributed by atoms with Gasteiger partial charge in [-0.05, 0) is 30.4 Å². The summed E-state index contributed by atoms with van der Waals surface area (Å²) in [6.45, 7) is 2.37. The molecule has 0 saturated carbocycles. The lowest BCUT2D eigenvalue weighted by molar-refractivity contribution is -0.145. The van der Waals surface area contributed by atoms with Crippen LogP contribution >= 0.6 is 0 Å². The van der Waals surface area contributed by atoms with Crippen molar-refractivity contribution < 1.29 is 27.9 Å². The third-order valence-corrected chi connectivity index (χ3v) is 4.39. The number of nitrogens with zero attached hydrogens (tertiary/aromatic N) is 1. The number of carboxylic acids is 1. The Morgan fingerprint density at radius 1 is 1.38 bits per heavy atom. The fraction of sp³-hybridized carbons (Fsp3) is 0.529. The molecule has 1 aromatic carbocycles. The quantitative estimate of drug-likeness (QED) is 0.910. The van der Waals surface area contributed by atoms with Gasteiger partial charge in [0.05, 0.1) is 11.5 Å². The molecular weight excluding hydrogens is 323 g/mol. The zero-order valence-corrected chi connectivity index (χ0v) is 13.3. The molecule has 1 aliphatic rings. The second kappa shape index (κ2) is 7.23. The first-order chi connectivity index (χ1) is 11.2. The molecule has 0 aliphatic carbocycles. The Morgan fingerprint density at radius 2 is 2.08 bits per heavy atom. The van der Waals surface area contributed by atoms with Crippen LogP contribution in [0.2, 0.25) is 0 Å². The van der Waals surface area contributed by atoms with Crippen LogP contribution in [0.1, 0.15) is 43.2 Å². The maximum atomic E-state index is 12.8. The van der Waals surface area contributed by atoms with E-state index in [0.717, 1.165) is 12.1 Å². The number of likely N-dealkylation sites (tertiary alicyclic amines) is 1. The van der Waals surface area contributed by atoms with E-state index < -0.39 is 23.6 Å². The van der Waals surface area contributed by atoms with Crippen molar-refractivity contribution in [1.29, 1.82) is 0 Å². The molecule has 0 unspecified atom stereocenters. The van der Waals surface area contributed by atoms with Crippen LogP contribution in [0.25, 0.3) is 0 Å². The van der Waals surface area contributed by atoms with Crippen LogP contribution < -0.4 is 0 Å². The van der Waals surface area contributed by atoms with E-state index in [4.69, 9.17) is 5.11 Å². The molecule has 132 valence electrons. The molecule has 2 rings (SSSR count). The first-order valence-corrected chi connectivity index (χ1v) is 7.86. The molecule has 1 fully saturated rings. The molecule has 24 heavy (non-hydrogen) atoms. The van der Waals surface area contributed by atoms with E-state index >= 15 is 0 Å². The number of halogens is 3. The predicted molar refractivity (Wildman–Crippen MR) is 81.4 cm³/mol. The minimum atomic E-state index is -4.42. The van der Waals surface area contributed by atoms with Crippen LogP contribution in [0.5, 0.6) is 0 Å². The van der Waals surface area contributed by atoms with Crippen LogP contribution in [0.3, 0.4) is 0 Å². The first kappa shape index (κ1) is 18.3. The van der Waals surface area contributed by atoms with Gasteiger partial charge in [-0.2, -0.15) is 13.2 Å². The predicted octanol–water partition coefficient (Wildman–Crippen LogP) is 3.52. The number of piperidine rings is 1. The number of amides is 1. The van der Waals surface area contributed by atoms with Gasteiger partial charge >= 0.3 is 12.1 Å². The highest BCUT2D eigenvalue weighted by atomic mass is 19.4. The van der Waals surface area contributed by atoms with Gasteiger partial charge in [0.2, 0.25) is 5.91 Å². The fourth-order valence-corrected chi connectivity index (χ4v) is 2.94. The highest BCUT2D eigenvalue weighted by Crippen LogP contribution is 2.32. The standard InChI is InChI=1S/C17H20F3NO3/c1-11(12-4-2-6-14(9-12)17(18,19)20)8-15(22)21-7-3-5-13(10-21)16(23)24/h2,4,6,9,11,13H,3,5,7-8,10H2,1H3,(H,23,24)/t11-,13-/m1/s1. The first-order valence-electron chi connectivity index (χ1n) is 7.86. The van der Waals surface area contributed by atoms with Gasteiger partial charge in [0, 0.05) is 19.5 Å². The maximum absolute atomic E-state index is 12.8. The fourth-order valence-electron chi connectivity index (χ4n) is 2.94. The van der Waals surface area contributed by atoms with Gasteiger partial charge in [-0.3, -0.25) is 9.59 Å². The second-order valence-electron chi connectivity index (χ2n) is 6.25. The number of carboxylic acid groups (broad SMARTS) is 1. The molecule has 1 amide bonds. The van der Waals surface area contributed by atoms with Crippen molar-refractivity contribution in [3.05, 3.63) is 35.4 Å². The molecule has 0 spiro atoms. The largest absolute Gasteiger partial charge is 0.481 e. The van der Waals surface area contributed by atoms with E-state index in [-0.39, 0.29) is 24.8 Å². The summed E-state index contributed by atoms with van der Waals surface area (Å²) in [6, 6.07) is 4.97. The van der Waals surface area contributed by atoms with Gasteiger partial charge in [-0.15, -0.1) is 0 Å². The Bertz CT molecular complexity index is 615. The van der Waals surface area contributed by atoms with Gasteiger partial charge < -0.3 is 10.0 Å². The second-order valence-corrected chi connectivity index (χ2v) is 6.25. The van der Waals surface area contributed by atoms with Crippen LogP contribution in [-0.2, 0) is 15.8 Å². The SMILES string of the molecule is C[C@H](CC(=O)N1CCC[C@@H](C(=O)O)C1)c1cccc(C(F)(F)F)c1. The molecule has 4 nitrogen and oxygen atoms in total. The molecular formula is C17H20F3NO3. The zero-order valence-electron chi connectivity index (χ0n) is 13.3. The molecule has 1 aliphatic heterocycles. The van der Waals surface area contributed by atoms with E-state index in [1.807, 2.05) is 0 Å². The Kier molecular flexibility index (Phi) is 5.51. The van der Waals surface area contributed by atoms with Gasteiger partial charge in [-0.25, -0.2) is 0 Å². The van der Waals surface area contributed by atoms with Crippen LogP contribution in [0.4, 0.5) is 13.2 Å². The number of hydrogen-bond donors (Lipinski definition) is 1. The van der Waals surface area contributed by atoms with E-state index in [0.29, 0.717) is 24.9 Å². The summed E-state index contributed by atoms with van der Waals surface area (Å²) >= 11 is 0. The summed E-state index contributed by atoms with van der Waals surface area (Å²) in [7, 11) is 0. The molecule has 1 saturated heterocycles. The van der Waals surface area contributed by atoms with Crippen molar-refractivity contribution >= 4 is 11.9 Å². The van der Waals surface area contributed by atoms with E-state index in [1.165, 1.54) is 11.0 Å². The highest BCUT2D eigenvalue weighted by molar-refractivity contribution is 5.78.